The van der Waals surface area contributed by atoms with Gasteiger partial charge < -0.3 is 15.0 Å². The number of rotatable bonds is 5. The van der Waals surface area contributed by atoms with Crippen LogP contribution < -0.4 is 5.32 Å². The minimum atomic E-state index is -0.464. The van der Waals surface area contributed by atoms with Crippen LogP contribution in [0.5, 0.6) is 0 Å². The zero-order valence-corrected chi connectivity index (χ0v) is 14.5. The van der Waals surface area contributed by atoms with Gasteiger partial charge in [0.15, 0.2) is 6.61 Å². The van der Waals surface area contributed by atoms with Crippen LogP contribution in [0.2, 0.25) is 0 Å². The Labute approximate surface area is 147 Å². The van der Waals surface area contributed by atoms with Crippen LogP contribution in [0.15, 0.2) is 24.3 Å². The van der Waals surface area contributed by atoms with Crippen molar-refractivity contribution < 1.29 is 19.1 Å². The Morgan fingerprint density at radius 3 is 2.68 bits per heavy atom. The first-order chi connectivity index (χ1) is 12.0. The predicted octanol–water partition coefficient (Wildman–Crippen LogP) is 2.27. The van der Waals surface area contributed by atoms with E-state index in [0.29, 0.717) is 12.2 Å². The van der Waals surface area contributed by atoms with E-state index >= 15 is 0 Å². The van der Waals surface area contributed by atoms with Crippen LogP contribution in [-0.2, 0) is 19.1 Å². The molecule has 6 nitrogen and oxygen atoms in total. The number of para-hydroxylation sites is 1. The maximum Gasteiger partial charge on any atom is 0.311 e. The molecule has 6 heteroatoms. The maximum absolute atomic E-state index is 12.2. The molecule has 2 aliphatic rings. The Kier molecular flexibility index (Phi) is 5.36. The van der Waals surface area contributed by atoms with Gasteiger partial charge in [0.25, 0.3) is 5.91 Å². The number of carbonyl (C=O) groups excluding carboxylic acids is 3. The maximum atomic E-state index is 12.2. The van der Waals surface area contributed by atoms with E-state index in [1.165, 1.54) is 0 Å². The van der Waals surface area contributed by atoms with Crippen molar-refractivity contribution in [1.82, 2.24) is 4.90 Å². The largest absolute Gasteiger partial charge is 0.455 e. The molecular weight excluding hydrogens is 320 g/mol. The number of hydrogen-bond donors (Lipinski definition) is 1. The summed E-state index contributed by atoms with van der Waals surface area (Å²) in [6.45, 7) is 1.98. The number of anilines is 1. The number of likely N-dealkylation sites (tertiary alicyclic amines) is 1. The van der Waals surface area contributed by atoms with Crippen LogP contribution in [0.1, 0.15) is 37.7 Å². The highest BCUT2D eigenvalue weighted by atomic mass is 16.5. The highest BCUT2D eigenvalue weighted by Gasteiger charge is 2.39. The van der Waals surface area contributed by atoms with Crippen molar-refractivity contribution >= 4 is 23.5 Å². The third kappa shape index (κ3) is 4.18. The van der Waals surface area contributed by atoms with Crippen molar-refractivity contribution in [3.63, 3.8) is 0 Å². The molecule has 1 aromatic rings. The summed E-state index contributed by atoms with van der Waals surface area (Å²) in [5, 5.41) is 2.72. The van der Waals surface area contributed by atoms with Gasteiger partial charge in [-0.1, -0.05) is 31.0 Å². The molecule has 1 aromatic carbocycles. The van der Waals surface area contributed by atoms with E-state index in [9.17, 15) is 14.4 Å². The van der Waals surface area contributed by atoms with Crippen molar-refractivity contribution in [1.29, 1.82) is 0 Å². The van der Waals surface area contributed by atoms with Gasteiger partial charge in [-0.05, 0) is 31.4 Å². The van der Waals surface area contributed by atoms with Gasteiger partial charge in [0.2, 0.25) is 5.91 Å². The lowest BCUT2D eigenvalue weighted by atomic mass is 10.1. The molecule has 1 atom stereocenters. The van der Waals surface area contributed by atoms with Crippen molar-refractivity contribution in [2.24, 2.45) is 5.92 Å². The van der Waals surface area contributed by atoms with Crippen molar-refractivity contribution in [3.05, 3.63) is 29.8 Å². The minimum absolute atomic E-state index is 0.0261. The summed E-state index contributed by atoms with van der Waals surface area (Å²) in [7, 11) is 0. The Bertz CT molecular complexity index is 667. The predicted molar refractivity (Wildman–Crippen MR) is 92.8 cm³/mol. The molecule has 134 valence electrons. The van der Waals surface area contributed by atoms with Crippen molar-refractivity contribution in [2.45, 2.75) is 45.1 Å². The number of aryl methyl sites for hydroxylation is 1. The second-order valence-corrected chi connectivity index (χ2v) is 6.86. The van der Waals surface area contributed by atoms with Crippen LogP contribution >= 0.6 is 0 Å². The van der Waals surface area contributed by atoms with Gasteiger partial charge in [0, 0.05) is 24.7 Å². The summed E-state index contributed by atoms with van der Waals surface area (Å²) in [6, 6.07) is 7.68. The smallest absolute Gasteiger partial charge is 0.311 e. The third-order valence-corrected chi connectivity index (χ3v) is 5.02. The zero-order valence-electron chi connectivity index (χ0n) is 14.5. The van der Waals surface area contributed by atoms with Crippen LogP contribution in [0.25, 0.3) is 0 Å². The van der Waals surface area contributed by atoms with Gasteiger partial charge in [-0.3, -0.25) is 14.4 Å². The molecule has 1 aliphatic heterocycles. The molecule has 1 aliphatic carbocycles. The van der Waals surface area contributed by atoms with Gasteiger partial charge in [-0.15, -0.1) is 0 Å². The first kappa shape index (κ1) is 17.5. The van der Waals surface area contributed by atoms with Crippen LogP contribution in [0.3, 0.4) is 0 Å². The molecule has 2 amide bonds. The minimum Gasteiger partial charge on any atom is -0.455 e. The Morgan fingerprint density at radius 1 is 1.24 bits per heavy atom. The molecule has 1 heterocycles. The monoisotopic (exact) mass is 344 g/mol. The molecule has 0 spiro atoms. The number of esters is 1. The average Bonchev–Trinajstić information content (AvgIpc) is 3.24. The van der Waals surface area contributed by atoms with Crippen molar-refractivity contribution in [2.75, 3.05) is 18.5 Å². The van der Waals surface area contributed by atoms with Crippen LogP contribution in [0, 0.1) is 12.8 Å². The Balaban J connectivity index is 1.47. The zero-order chi connectivity index (χ0) is 17.8. The van der Waals surface area contributed by atoms with E-state index in [1.54, 1.807) is 6.07 Å². The Morgan fingerprint density at radius 2 is 1.96 bits per heavy atom. The number of nitrogens with one attached hydrogen (secondary N) is 1. The molecule has 0 unspecified atom stereocenters. The van der Waals surface area contributed by atoms with Crippen molar-refractivity contribution in [3.8, 4) is 0 Å². The number of carbonyl (C=O) groups is 3. The molecule has 1 saturated carbocycles. The summed E-state index contributed by atoms with van der Waals surface area (Å²) in [6.07, 6.45) is 4.51. The fraction of sp³-hybridized carbons (Fsp3) is 0.526. The molecule has 0 bridgehead atoms. The second kappa shape index (κ2) is 7.68. The standard InChI is InChI=1S/C19H24N2O4/c1-13-6-2-5-9-16(13)20-17(22)12-25-19(24)14-10-18(23)21(11-14)15-7-3-4-8-15/h2,5-6,9,14-15H,3-4,7-8,10-12H2,1H3,(H,20,22)/t14-/m1/s1. The second-order valence-electron chi connectivity index (χ2n) is 6.86. The van der Waals surface area contributed by atoms with Gasteiger partial charge in [-0.2, -0.15) is 0 Å². The highest BCUT2D eigenvalue weighted by molar-refractivity contribution is 5.94. The van der Waals surface area contributed by atoms with E-state index in [2.05, 4.69) is 5.32 Å². The van der Waals surface area contributed by atoms with Gasteiger partial charge in [-0.25, -0.2) is 0 Å². The number of benzene rings is 1. The summed E-state index contributed by atoms with van der Waals surface area (Å²) < 4.78 is 5.13. The quantitative estimate of drug-likeness (QED) is 0.832. The summed E-state index contributed by atoms with van der Waals surface area (Å²) in [4.78, 5) is 38.1. The molecule has 0 aromatic heterocycles. The van der Waals surface area contributed by atoms with E-state index < -0.39 is 11.9 Å². The first-order valence-electron chi connectivity index (χ1n) is 8.86. The van der Waals surface area contributed by atoms with Crippen LogP contribution in [-0.4, -0.2) is 41.9 Å². The van der Waals surface area contributed by atoms with Gasteiger partial charge in [0.1, 0.15) is 0 Å². The van der Waals surface area contributed by atoms with E-state index in [1.807, 2.05) is 30.0 Å². The fourth-order valence-corrected chi connectivity index (χ4v) is 3.61. The SMILES string of the molecule is Cc1ccccc1NC(=O)COC(=O)[C@@H]1CC(=O)N(C2CCCC2)C1. The third-order valence-electron chi connectivity index (χ3n) is 5.02. The van der Waals surface area contributed by atoms with Gasteiger partial charge in [0.05, 0.1) is 5.92 Å². The average molecular weight is 344 g/mol. The molecule has 25 heavy (non-hydrogen) atoms. The number of nitrogens with zero attached hydrogens (tertiary/aromatic N) is 1. The normalized spacial score (nSPS) is 20.8. The lowest BCUT2D eigenvalue weighted by Gasteiger charge is -2.23. The molecule has 0 radical (unpaired) electrons. The summed E-state index contributed by atoms with van der Waals surface area (Å²) >= 11 is 0. The molecule has 1 N–H and O–H groups in total. The molecule has 3 rings (SSSR count). The highest BCUT2D eigenvalue weighted by Crippen LogP contribution is 2.29. The first-order valence-corrected chi connectivity index (χ1v) is 8.86. The molecular formula is C19H24N2O4. The lowest BCUT2D eigenvalue weighted by Crippen LogP contribution is -2.35. The Hall–Kier alpha value is -2.37. The lowest BCUT2D eigenvalue weighted by molar-refractivity contribution is -0.151. The number of hydrogen-bond acceptors (Lipinski definition) is 4. The number of ether oxygens (including phenoxy) is 1. The number of amides is 2. The molecule has 2 fully saturated rings. The van der Waals surface area contributed by atoms with E-state index in [4.69, 9.17) is 4.74 Å². The molecule has 1 saturated heterocycles. The van der Waals surface area contributed by atoms with Crippen LogP contribution in [0.4, 0.5) is 5.69 Å². The summed E-state index contributed by atoms with van der Waals surface area (Å²) in [5.41, 5.74) is 1.64. The topological polar surface area (TPSA) is 75.7 Å². The van der Waals surface area contributed by atoms with E-state index in [0.717, 1.165) is 31.2 Å². The van der Waals surface area contributed by atoms with E-state index in [-0.39, 0.29) is 30.9 Å². The fourth-order valence-electron chi connectivity index (χ4n) is 3.61. The summed E-state index contributed by atoms with van der Waals surface area (Å²) in [5.74, 6) is -1.27. The van der Waals surface area contributed by atoms with Gasteiger partial charge >= 0.3 is 5.97 Å².